The average Bonchev–Trinajstić information content (AvgIpc) is 2.53. The molecule has 26 heavy (non-hydrogen) atoms. The first-order chi connectivity index (χ1) is 11.7. The van der Waals surface area contributed by atoms with E-state index in [1.54, 1.807) is 0 Å². The van der Waals surface area contributed by atoms with Gasteiger partial charge in [0, 0.05) is 17.5 Å². The van der Waals surface area contributed by atoms with Crippen LogP contribution in [0.2, 0.25) is 0 Å². The highest BCUT2D eigenvalue weighted by Crippen LogP contribution is 2.19. The molecule has 2 rings (SSSR count). The minimum Gasteiger partial charge on any atom is -0.370 e. The molecule has 0 amide bonds. The molecular formula is C18H23FIN3O2S. The summed E-state index contributed by atoms with van der Waals surface area (Å²) in [6.07, 6.45) is 1.07. The van der Waals surface area contributed by atoms with Gasteiger partial charge in [-0.3, -0.25) is 0 Å². The van der Waals surface area contributed by atoms with Gasteiger partial charge in [0.1, 0.15) is 5.82 Å². The molecule has 0 fully saturated rings. The lowest BCUT2D eigenvalue weighted by Gasteiger charge is -2.10. The van der Waals surface area contributed by atoms with E-state index in [4.69, 9.17) is 5.73 Å². The summed E-state index contributed by atoms with van der Waals surface area (Å²) in [5.41, 5.74) is 7.97. The minimum atomic E-state index is -3.40. The number of nitrogens with one attached hydrogen (secondary N) is 1. The van der Waals surface area contributed by atoms with Crippen LogP contribution in [0.15, 0.2) is 52.4 Å². The third-order valence-corrected chi connectivity index (χ3v) is 4.80. The van der Waals surface area contributed by atoms with Crippen LogP contribution in [0.4, 0.5) is 10.1 Å². The van der Waals surface area contributed by atoms with Gasteiger partial charge in [0.15, 0.2) is 15.8 Å². The predicted octanol–water partition coefficient (Wildman–Crippen LogP) is 3.90. The zero-order chi connectivity index (χ0) is 18.6. The molecule has 0 unspecified atom stereocenters. The second-order valence-corrected chi connectivity index (χ2v) is 8.15. The van der Waals surface area contributed by atoms with E-state index < -0.39 is 15.7 Å². The molecule has 142 valence electrons. The van der Waals surface area contributed by atoms with E-state index in [9.17, 15) is 12.8 Å². The van der Waals surface area contributed by atoms with Crippen LogP contribution in [0.3, 0.4) is 0 Å². The van der Waals surface area contributed by atoms with Crippen LogP contribution in [0.25, 0.3) is 0 Å². The largest absolute Gasteiger partial charge is 0.370 e. The van der Waals surface area contributed by atoms with Crippen LogP contribution >= 0.6 is 24.0 Å². The third-order valence-electron chi connectivity index (χ3n) is 3.69. The average molecular weight is 491 g/mol. The molecule has 8 heteroatoms. The molecule has 5 nitrogen and oxygen atoms in total. The number of hydrogen-bond acceptors (Lipinski definition) is 3. The van der Waals surface area contributed by atoms with Gasteiger partial charge >= 0.3 is 0 Å². The van der Waals surface area contributed by atoms with E-state index in [-0.39, 0.29) is 46.9 Å². The van der Waals surface area contributed by atoms with Gasteiger partial charge in [-0.25, -0.2) is 17.8 Å². The van der Waals surface area contributed by atoms with Gasteiger partial charge < -0.3 is 11.1 Å². The molecule has 0 spiro atoms. The maximum Gasteiger partial charge on any atom is 0.193 e. The highest BCUT2D eigenvalue weighted by atomic mass is 127. The smallest absolute Gasteiger partial charge is 0.193 e. The Morgan fingerprint density at radius 1 is 1.23 bits per heavy atom. The Balaban J connectivity index is 0.00000338. The van der Waals surface area contributed by atoms with Gasteiger partial charge in [-0.15, -0.1) is 24.0 Å². The fourth-order valence-electron chi connectivity index (χ4n) is 2.24. The second kappa shape index (κ2) is 9.31. The number of hydrogen-bond donors (Lipinski definition) is 2. The number of halogens is 2. The summed E-state index contributed by atoms with van der Waals surface area (Å²) < 4.78 is 37.0. The summed E-state index contributed by atoms with van der Waals surface area (Å²) in [7, 11) is -3.40. The number of nitrogens with two attached hydrogens (primary N) is 1. The molecular weight excluding hydrogens is 468 g/mol. The van der Waals surface area contributed by atoms with Crippen LogP contribution < -0.4 is 11.1 Å². The molecule has 0 saturated heterocycles. The highest BCUT2D eigenvalue weighted by molar-refractivity contribution is 14.0. The molecule has 0 aliphatic carbocycles. The van der Waals surface area contributed by atoms with Crippen molar-refractivity contribution in [3.05, 3.63) is 59.4 Å². The Bertz CT molecular complexity index is 899. The third kappa shape index (κ3) is 6.24. The molecule has 0 bridgehead atoms. The SMILES string of the molecule is CC(C)c1cccc(NC(N)=NCc2cc(S(C)(=O)=O)ccc2F)c1.I. The van der Waals surface area contributed by atoms with Crippen molar-refractivity contribution >= 4 is 45.5 Å². The number of guanidine groups is 1. The topological polar surface area (TPSA) is 84.5 Å². The number of nitrogens with zero attached hydrogens (tertiary/aromatic N) is 1. The molecule has 3 N–H and O–H groups in total. The molecule has 2 aromatic rings. The number of anilines is 1. The molecule has 0 atom stereocenters. The highest BCUT2D eigenvalue weighted by Gasteiger charge is 2.11. The predicted molar refractivity (Wildman–Crippen MR) is 114 cm³/mol. The van der Waals surface area contributed by atoms with Gasteiger partial charge in [-0.1, -0.05) is 26.0 Å². The molecule has 2 aromatic carbocycles. The summed E-state index contributed by atoms with van der Waals surface area (Å²) in [5.74, 6) is -0.0106. The first-order valence-electron chi connectivity index (χ1n) is 7.82. The fourth-order valence-corrected chi connectivity index (χ4v) is 2.91. The van der Waals surface area contributed by atoms with Gasteiger partial charge in [-0.2, -0.15) is 0 Å². The first-order valence-corrected chi connectivity index (χ1v) is 9.71. The molecule has 0 saturated carbocycles. The van der Waals surface area contributed by atoms with E-state index in [1.807, 2.05) is 24.3 Å². The van der Waals surface area contributed by atoms with Crippen LogP contribution in [0, 0.1) is 5.82 Å². The van der Waals surface area contributed by atoms with Crippen molar-refractivity contribution < 1.29 is 12.8 Å². The lowest BCUT2D eigenvalue weighted by Crippen LogP contribution is -2.22. The van der Waals surface area contributed by atoms with Crippen molar-refractivity contribution in [2.75, 3.05) is 11.6 Å². The summed E-state index contributed by atoms with van der Waals surface area (Å²) in [5, 5.41) is 2.96. The standard InChI is InChI=1S/C18H22FN3O2S.HI/c1-12(2)13-5-4-6-15(9-13)22-18(20)21-11-14-10-16(25(3,23)24)7-8-17(14)19;/h4-10,12H,11H2,1-3H3,(H3,20,21,22);1H. The lowest BCUT2D eigenvalue weighted by atomic mass is 10.0. The van der Waals surface area contributed by atoms with Crippen LogP contribution in [-0.2, 0) is 16.4 Å². The summed E-state index contributed by atoms with van der Waals surface area (Å²) in [6, 6.07) is 11.4. The van der Waals surface area contributed by atoms with Gasteiger partial charge in [0.05, 0.1) is 11.4 Å². The number of rotatable bonds is 5. The van der Waals surface area contributed by atoms with Gasteiger partial charge in [-0.05, 0) is 41.8 Å². The molecule has 0 aliphatic rings. The maximum atomic E-state index is 13.9. The molecule has 0 radical (unpaired) electrons. The van der Waals surface area contributed by atoms with Crippen LogP contribution in [-0.4, -0.2) is 20.6 Å². The first kappa shape index (κ1) is 22.4. The summed E-state index contributed by atoms with van der Waals surface area (Å²) >= 11 is 0. The van der Waals surface area contributed by atoms with Crippen molar-refractivity contribution in [2.45, 2.75) is 31.2 Å². The van der Waals surface area contributed by atoms with Gasteiger partial charge in [0.25, 0.3) is 0 Å². The van der Waals surface area contributed by atoms with Crippen molar-refractivity contribution in [3.8, 4) is 0 Å². The van der Waals surface area contributed by atoms with Crippen molar-refractivity contribution in [2.24, 2.45) is 10.7 Å². The Kier molecular flexibility index (Phi) is 8.01. The Morgan fingerprint density at radius 2 is 1.92 bits per heavy atom. The van der Waals surface area contributed by atoms with Gasteiger partial charge in [0.2, 0.25) is 0 Å². The fraction of sp³-hybridized carbons (Fsp3) is 0.278. The second-order valence-electron chi connectivity index (χ2n) is 6.13. The maximum absolute atomic E-state index is 13.9. The Morgan fingerprint density at radius 3 is 2.54 bits per heavy atom. The zero-order valence-electron chi connectivity index (χ0n) is 14.9. The van der Waals surface area contributed by atoms with Crippen molar-refractivity contribution in [1.82, 2.24) is 0 Å². The normalized spacial score (nSPS) is 12.0. The van der Waals surface area contributed by atoms with Crippen molar-refractivity contribution in [1.29, 1.82) is 0 Å². The van der Waals surface area contributed by atoms with E-state index in [2.05, 4.69) is 24.2 Å². The van der Waals surface area contributed by atoms with Crippen LogP contribution in [0.5, 0.6) is 0 Å². The number of sulfone groups is 1. The lowest BCUT2D eigenvalue weighted by molar-refractivity contribution is 0.597. The monoisotopic (exact) mass is 491 g/mol. The van der Waals surface area contributed by atoms with Crippen LogP contribution in [0.1, 0.15) is 30.9 Å². The van der Waals surface area contributed by atoms with E-state index in [0.29, 0.717) is 5.92 Å². The molecule has 0 aromatic heterocycles. The summed E-state index contributed by atoms with van der Waals surface area (Å²) in [6.45, 7) is 4.13. The quantitative estimate of drug-likeness (QED) is 0.288. The Hall–Kier alpha value is -1.68. The number of benzene rings is 2. The van der Waals surface area contributed by atoms with Crippen molar-refractivity contribution in [3.63, 3.8) is 0 Å². The van der Waals surface area contributed by atoms with E-state index in [1.165, 1.54) is 12.1 Å². The zero-order valence-corrected chi connectivity index (χ0v) is 18.0. The Labute approximate surface area is 170 Å². The van der Waals surface area contributed by atoms with E-state index in [0.717, 1.165) is 23.6 Å². The molecule has 0 aliphatic heterocycles. The molecule has 0 heterocycles. The van der Waals surface area contributed by atoms with E-state index >= 15 is 0 Å². The summed E-state index contributed by atoms with van der Waals surface area (Å²) in [4.78, 5) is 4.15. The minimum absolute atomic E-state index is 0. The number of aliphatic imine (C=N–C) groups is 1.